The van der Waals surface area contributed by atoms with E-state index in [9.17, 15) is 4.79 Å². The van der Waals surface area contributed by atoms with Crippen LogP contribution in [0.2, 0.25) is 0 Å². The molecule has 0 aliphatic rings. The molecule has 0 atom stereocenters. The summed E-state index contributed by atoms with van der Waals surface area (Å²) in [4.78, 5) is 14.1. The SMILES string of the molecule is O=Cc1ccc(OCCCCl)cn1. The highest BCUT2D eigenvalue weighted by atomic mass is 35.5. The molecule has 0 spiro atoms. The van der Waals surface area contributed by atoms with Crippen LogP contribution in [0.1, 0.15) is 16.9 Å². The van der Waals surface area contributed by atoms with Crippen molar-refractivity contribution in [3.63, 3.8) is 0 Å². The summed E-state index contributed by atoms with van der Waals surface area (Å²) in [7, 11) is 0. The van der Waals surface area contributed by atoms with Crippen LogP contribution >= 0.6 is 11.6 Å². The number of nitrogens with zero attached hydrogens (tertiary/aromatic N) is 1. The Balaban J connectivity index is 2.44. The monoisotopic (exact) mass is 199 g/mol. The number of aromatic nitrogens is 1. The second-order valence-corrected chi connectivity index (χ2v) is 2.81. The van der Waals surface area contributed by atoms with Crippen LogP contribution in [0.4, 0.5) is 0 Å². The minimum Gasteiger partial charge on any atom is -0.492 e. The zero-order valence-electron chi connectivity index (χ0n) is 7.07. The topological polar surface area (TPSA) is 39.2 Å². The van der Waals surface area contributed by atoms with Crippen LogP contribution < -0.4 is 4.74 Å². The maximum Gasteiger partial charge on any atom is 0.168 e. The van der Waals surface area contributed by atoms with E-state index >= 15 is 0 Å². The van der Waals surface area contributed by atoms with Crippen molar-refractivity contribution in [2.75, 3.05) is 12.5 Å². The predicted molar refractivity (Wildman–Crippen MR) is 50.5 cm³/mol. The Morgan fingerprint density at radius 1 is 1.54 bits per heavy atom. The van der Waals surface area contributed by atoms with Gasteiger partial charge in [0.15, 0.2) is 6.29 Å². The van der Waals surface area contributed by atoms with Gasteiger partial charge in [0.25, 0.3) is 0 Å². The van der Waals surface area contributed by atoms with Gasteiger partial charge in [-0.15, -0.1) is 11.6 Å². The lowest BCUT2D eigenvalue weighted by Gasteiger charge is -2.03. The number of carbonyl (C=O) groups excluding carboxylic acids is 1. The van der Waals surface area contributed by atoms with Gasteiger partial charge in [0.1, 0.15) is 11.4 Å². The van der Waals surface area contributed by atoms with Crippen molar-refractivity contribution in [3.05, 3.63) is 24.0 Å². The Morgan fingerprint density at radius 2 is 2.38 bits per heavy atom. The van der Waals surface area contributed by atoms with Gasteiger partial charge >= 0.3 is 0 Å². The largest absolute Gasteiger partial charge is 0.492 e. The summed E-state index contributed by atoms with van der Waals surface area (Å²) in [5.41, 5.74) is 0.407. The molecule has 0 saturated heterocycles. The fraction of sp³-hybridized carbons (Fsp3) is 0.333. The number of rotatable bonds is 5. The number of hydrogen-bond acceptors (Lipinski definition) is 3. The molecule has 1 aromatic rings. The van der Waals surface area contributed by atoms with Gasteiger partial charge in [-0.1, -0.05) is 0 Å². The van der Waals surface area contributed by atoms with Crippen LogP contribution in [0, 0.1) is 0 Å². The van der Waals surface area contributed by atoms with Crippen molar-refractivity contribution in [2.45, 2.75) is 6.42 Å². The average molecular weight is 200 g/mol. The summed E-state index contributed by atoms with van der Waals surface area (Å²) >= 11 is 5.47. The molecule has 3 nitrogen and oxygen atoms in total. The fourth-order valence-electron chi connectivity index (χ4n) is 0.791. The molecular formula is C9H10ClNO2. The molecule has 0 fully saturated rings. The van der Waals surface area contributed by atoms with Crippen molar-refractivity contribution in [1.82, 2.24) is 4.98 Å². The molecule has 4 heteroatoms. The summed E-state index contributed by atoms with van der Waals surface area (Å²) in [6.07, 6.45) is 3.03. The van der Waals surface area contributed by atoms with E-state index in [2.05, 4.69) is 4.98 Å². The fourth-order valence-corrected chi connectivity index (χ4v) is 0.901. The zero-order chi connectivity index (χ0) is 9.52. The van der Waals surface area contributed by atoms with E-state index in [1.807, 2.05) is 0 Å². The molecule has 1 aromatic heterocycles. The summed E-state index contributed by atoms with van der Waals surface area (Å²) in [5, 5.41) is 0. The Morgan fingerprint density at radius 3 is 2.92 bits per heavy atom. The molecule has 0 bridgehead atoms. The first-order valence-electron chi connectivity index (χ1n) is 3.97. The van der Waals surface area contributed by atoms with Gasteiger partial charge in [-0.3, -0.25) is 4.79 Å². The molecule has 0 amide bonds. The first-order valence-corrected chi connectivity index (χ1v) is 4.50. The number of pyridine rings is 1. The van der Waals surface area contributed by atoms with Crippen LogP contribution in [0.25, 0.3) is 0 Å². The molecule has 0 unspecified atom stereocenters. The van der Waals surface area contributed by atoms with Gasteiger partial charge in [-0.25, -0.2) is 4.98 Å². The molecule has 1 heterocycles. The van der Waals surface area contributed by atoms with E-state index in [0.717, 1.165) is 6.42 Å². The first kappa shape index (κ1) is 9.99. The third-order valence-electron chi connectivity index (χ3n) is 1.43. The number of halogens is 1. The quantitative estimate of drug-likeness (QED) is 0.413. The van der Waals surface area contributed by atoms with E-state index in [1.54, 1.807) is 12.1 Å². The van der Waals surface area contributed by atoms with Gasteiger partial charge < -0.3 is 4.74 Å². The third kappa shape index (κ3) is 3.42. The van der Waals surface area contributed by atoms with Gasteiger partial charge in [-0.2, -0.15) is 0 Å². The third-order valence-corrected chi connectivity index (χ3v) is 1.69. The molecule has 1 rings (SSSR count). The Labute approximate surface area is 81.7 Å². The summed E-state index contributed by atoms with van der Waals surface area (Å²) in [6.45, 7) is 0.575. The molecule has 13 heavy (non-hydrogen) atoms. The van der Waals surface area contributed by atoms with Crippen LogP contribution in [0.15, 0.2) is 18.3 Å². The highest BCUT2D eigenvalue weighted by molar-refractivity contribution is 6.17. The highest BCUT2D eigenvalue weighted by Gasteiger charge is 1.94. The molecule has 0 N–H and O–H groups in total. The normalized spacial score (nSPS) is 9.62. The maximum atomic E-state index is 10.3. The predicted octanol–water partition coefficient (Wildman–Crippen LogP) is 1.90. The molecule has 0 radical (unpaired) electrons. The van der Waals surface area contributed by atoms with Crippen LogP contribution in [0.5, 0.6) is 5.75 Å². The maximum absolute atomic E-state index is 10.3. The molecule has 0 aliphatic heterocycles. The van der Waals surface area contributed by atoms with Crippen molar-refractivity contribution in [3.8, 4) is 5.75 Å². The lowest BCUT2D eigenvalue weighted by atomic mass is 10.4. The number of alkyl halides is 1. The van der Waals surface area contributed by atoms with Crippen LogP contribution in [0.3, 0.4) is 0 Å². The van der Waals surface area contributed by atoms with E-state index in [-0.39, 0.29) is 0 Å². The number of carbonyl (C=O) groups is 1. The summed E-state index contributed by atoms with van der Waals surface area (Å²) in [6, 6.07) is 3.33. The minimum atomic E-state index is 0.407. The Bertz CT molecular complexity index is 261. The van der Waals surface area contributed by atoms with E-state index < -0.39 is 0 Å². The Kier molecular flexibility index (Phi) is 4.26. The van der Waals surface area contributed by atoms with E-state index in [0.29, 0.717) is 30.2 Å². The highest BCUT2D eigenvalue weighted by Crippen LogP contribution is 2.08. The lowest BCUT2D eigenvalue weighted by molar-refractivity contribution is 0.111. The smallest absolute Gasteiger partial charge is 0.168 e. The summed E-state index contributed by atoms with van der Waals surface area (Å²) < 4.78 is 5.28. The van der Waals surface area contributed by atoms with Crippen molar-refractivity contribution >= 4 is 17.9 Å². The van der Waals surface area contributed by atoms with Gasteiger partial charge in [-0.05, 0) is 18.6 Å². The van der Waals surface area contributed by atoms with Crippen molar-refractivity contribution < 1.29 is 9.53 Å². The number of hydrogen-bond donors (Lipinski definition) is 0. The van der Waals surface area contributed by atoms with E-state index in [1.165, 1.54) is 6.20 Å². The van der Waals surface area contributed by atoms with Crippen molar-refractivity contribution in [2.24, 2.45) is 0 Å². The van der Waals surface area contributed by atoms with E-state index in [4.69, 9.17) is 16.3 Å². The number of ether oxygens (including phenoxy) is 1. The Hall–Kier alpha value is -1.09. The molecule has 0 aromatic carbocycles. The van der Waals surface area contributed by atoms with Gasteiger partial charge in [0.2, 0.25) is 0 Å². The second-order valence-electron chi connectivity index (χ2n) is 2.43. The summed E-state index contributed by atoms with van der Waals surface area (Å²) in [5.74, 6) is 1.25. The van der Waals surface area contributed by atoms with Gasteiger partial charge in [0.05, 0.1) is 12.8 Å². The number of aldehydes is 1. The average Bonchev–Trinajstić information content (AvgIpc) is 2.19. The lowest BCUT2D eigenvalue weighted by Crippen LogP contribution is -1.98. The van der Waals surface area contributed by atoms with Crippen molar-refractivity contribution in [1.29, 1.82) is 0 Å². The molecular weight excluding hydrogens is 190 g/mol. The van der Waals surface area contributed by atoms with Crippen LogP contribution in [-0.4, -0.2) is 23.8 Å². The van der Waals surface area contributed by atoms with Gasteiger partial charge in [0, 0.05) is 5.88 Å². The molecule has 0 aliphatic carbocycles. The molecule has 0 saturated carbocycles. The minimum absolute atomic E-state index is 0.407. The molecule has 70 valence electrons. The van der Waals surface area contributed by atoms with Crippen LogP contribution in [-0.2, 0) is 0 Å². The standard InChI is InChI=1S/C9H10ClNO2/c10-4-1-5-13-9-3-2-8(7-12)11-6-9/h2-3,6-7H,1,4-5H2. The zero-order valence-corrected chi connectivity index (χ0v) is 7.83. The first-order chi connectivity index (χ1) is 6.36. The second kappa shape index (κ2) is 5.54.